The van der Waals surface area contributed by atoms with Crippen molar-refractivity contribution in [2.24, 2.45) is 11.1 Å². The molecule has 5 rings (SSSR count). The summed E-state index contributed by atoms with van der Waals surface area (Å²) in [4.78, 5) is 8.64. The first-order valence-electron chi connectivity index (χ1n) is 10.4. The summed E-state index contributed by atoms with van der Waals surface area (Å²) in [5.74, 6) is 0.826. The molecule has 1 aliphatic rings. The largest absolute Gasteiger partial charge is 0.434 e. The number of benzene rings is 1. The molecule has 12 nitrogen and oxygen atoms in total. The van der Waals surface area contributed by atoms with Crippen molar-refractivity contribution in [1.29, 1.82) is 0 Å². The Bertz CT molecular complexity index is 1410. The number of aromatic nitrogens is 4. The van der Waals surface area contributed by atoms with E-state index in [1.807, 2.05) is 30.3 Å². The third-order valence-corrected chi connectivity index (χ3v) is 6.18. The van der Waals surface area contributed by atoms with Gasteiger partial charge in [0.2, 0.25) is 5.89 Å². The summed E-state index contributed by atoms with van der Waals surface area (Å²) in [5.41, 5.74) is 1.88. The number of fused-ring (bicyclic) bond motifs is 1. The number of hydrogen-bond acceptors (Lipinski definition) is 10. The van der Waals surface area contributed by atoms with Gasteiger partial charge in [0.25, 0.3) is 0 Å². The highest BCUT2D eigenvalue weighted by Crippen LogP contribution is 2.31. The van der Waals surface area contributed by atoms with Crippen LogP contribution in [0.4, 0.5) is 5.82 Å². The van der Waals surface area contributed by atoms with E-state index in [4.69, 9.17) is 9.56 Å². The molecule has 0 amide bonds. The van der Waals surface area contributed by atoms with Gasteiger partial charge >= 0.3 is 10.3 Å². The van der Waals surface area contributed by atoms with Gasteiger partial charge < -0.3 is 19.9 Å². The van der Waals surface area contributed by atoms with E-state index in [0.717, 1.165) is 5.56 Å². The average molecular weight is 487 g/mol. The van der Waals surface area contributed by atoms with E-state index in [9.17, 15) is 18.6 Å². The maximum absolute atomic E-state index is 11.1. The number of rotatable bonds is 7. The fraction of sp³-hybridized carbons (Fsp3) is 0.286. The van der Waals surface area contributed by atoms with Crippen molar-refractivity contribution in [3.05, 3.63) is 54.9 Å². The molecule has 1 saturated carbocycles. The first kappa shape index (κ1) is 22.4. The summed E-state index contributed by atoms with van der Waals surface area (Å²) in [6.07, 6.45) is 1.08. The van der Waals surface area contributed by atoms with Crippen molar-refractivity contribution in [2.45, 2.75) is 24.7 Å². The van der Waals surface area contributed by atoms with Crippen LogP contribution in [0.3, 0.4) is 0 Å². The lowest BCUT2D eigenvalue weighted by atomic mass is 10.1. The molecule has 0 unspecified atom stereocenters. The minimum absolute atomic E-state index is 0.248. The molecule has 0 aliphatic heterocycles. The van der Waals surface area contributed by atoms with Crippen LogP contribution in [0, 0.1) is 5.92 Å². The van der Waals surface area contributed by atoms with E-state index in [0.29, 0.717) is 28.8 Å². The Morgan fingerprint density at radius 3 is 2.74 bits per heavy atom. The third-order valence-electron chi connectivity index (χ3n) is 5.72. The lowest BCUT2D eigenvalue weighted by Crippen LogP contribution is -2.36. The van der Waals surface area contributed by atoms with Crippen LogP contribution < -0.4 is 10.5 Å². The molecule has 5 N–H and O–H groups in total. The monoisotopic (exact) mass is 486 g/mol. The van der Waals surface area contributed by atoms with Gasteiger partial charge in [-0.15, -0.1) is 0 Å². The molecule has 0 saturated heterocycles. The normalized spacial score (nSPS) is 22.9. The summed E-state index contributed by atoms with van der Waals surface area (Å²) >= 11 is 0. The lowest BCUT2D eigenvalue weighted by Gasteiger charge is -2.19. The number of nitrogens with zero attached hydrogens (tertiary/aromatic N) is 4. The zero-order valence-electron chi connectivity index (χ0n) is 17.7. The summed E-state index contributed by atoms with van der Waals surface area (Å²) in [6.45, 7) is -0.331. The van der Waals surface area contributed by atoms with Crippen LogP contribution in [0.5, 0.6) is 0 Å². The van der Waals surface area contributed by atoms with Crippen LogP contribution >= 0.6 is 0 Å². The Morgan fingerprint density at radius 1 is 1.18 bits per heavy atom. The molecular formula is C21H22N6O6S. The number of anilines is 1. The van der Waals surface area contributed by atoms with Crippen molar-refractivity contribution in [3.8, 4) is 22.9 Å². The van der Waals surface area contributed by atoms with E-state index < -0.39 is 34.5 Å². The topological polar surface area (TPSA) is 178 Å². The Kier molecular flexibility index (Phi) is 5.79. The predicted octanol–water partition coefficient (Wildman–Crippen LogP) is 0.794. The molecular weight excluding hydrogens is 464 g/mol. The quantitative estimate of drug-likeness (QED) is 0.292. The number of nitrogens with two attached hydrogens (primary N) is 1. The van der Waals surface area contributed by atoms with Crippen LogP contribution in [0.1, 0.15) is 6.42 Å². The SMILES string of the molecule is NS(=O)(=O)OC[C@H]1C[C@@H](Nc2ccnc3cc(-c4cnc(-c5ccccc5)o4)nn23)[C@H](O)[C@@H]1O. The molecule has 4 aromatic rings. The molecule has 4 atom stereocenters. The molecule has 0 spiro atoms. The Morgan fingerprint density at radius 2 is 1.97 bits per heavy atom. The van der Waals surface area contributed by atoms with Crippen molar-refractivity contribution in [1.82, 2.24) is 19.6 Å². The molecule has 1 aromatic carbocycles. The molecule has 0 radical (unpaired) electrons. The van der Waals surface area contributed by atoms with E-state index >= 15 is 0 Å². The number of nitrogens with one attached hydrogen (secondary N) is 1. The Hall–Kier alpha value is -3.36. The molecule has 0 bridgehead atoms. The summed E-state index contributed by atoms with van der Waals surface area (Å²) in [5, 5.41) is 33.3. The van der Waals surface area contributed by atoms with Gasteiger partial charge in [-0.05, 0) is 24.6 Å². The van der Waals surface area contributed by atoms with Crippen LogP contribution in [-0.2, 0) is 14.5 Å². The van der Waals surface area contributed by atoms with Gasteiger partial charge in [0, 0.05) is 23.7 Å². The van der Waals surface area contributed by atoms with Gasteiger partial charge in [0.05, 0.1) is 24.9 Å². The number of hydrogen-bond donors (Lipinski definition) is 4. The highest BCUT2D eigenvalue weighted by atomic mass is 32.2. The van der Waals surface area contributed by atoms with E-state index in [2.05, 4.69) is 24.6 Å². The van der Waals surface area contributed by atoms with E-state index in [1.54, 1.807) is 29.0 Å². The van der Waals surface area contributed by atoms with Crippen molar-refractivity contribution >= 4 is 21.8 Å². The van der Waals surface area contributed by atoms with Gasteiger partial charge in [-0.2, -0.15) is 18.0 Å². The first-order chi connectivity index (χ1) is 16.3. The molecule has 1 fully saturated rings. The van der Waals surface area contributed by atoms with Gasteiger partial charge in [0.1, 0.15) is 17.6 Å². The first-order valence-corrected chi connectivity index (χ1v) is 11.9. The predicted molar refractivity (Wildman–Crippen MR) is 121 cm³/mol. The van der Waals surface area contributed by atoms with Crippen molar-refractivity contribution in [2.75, 3.05) is 11.9 Å². The van der Waals surface area contributed by atoms with Crippen LogP contribution in [0.2, 0.25) is 0 Å². The molecule has 3 heterocycles. The number of oxazole rings is 1. The molecule has 34 heavy (non-hydrogen) atoms. The second kappa shape index (κ2) is 8.77. The Labute approximate surface area is 194 Å². The van der Waals surface area contributed by atoms with Crippen LogP contribution in [0.25, 0.3) is 28.6 Å². The maximum atomic E-state index is 11.1. The number of aliphatic hydroxyl groups excluding tert-OH is 2. The van der Waals surface area contributed by atoms with Crippen LogP contribution in [0.15, 0.2) is 59.3 Å². The summed E-state index contributed by atoms with van der Waals surface area (Å²) in [7, 11) is -4.15. The zero-order valence-corrected chi connectivity index (χ0v) is 18.5. The van der Waals surface area contributed by atoms with Crippen molar-refractivity contribution < 1.29 is 27.2 Å². The van der Waals surface area contributed by atoms with Crippen LogP contribution in [-0.4, -0.2) is 63.1 Å². The average Bonchev–Trinajstić information content (AvgIpc) is 3.53. The fourth-order valence-electron chi connectivity index (χ4n) is 4.04. The highest BCUT2D eigenvalue weighted by molar-refractivity contribution is 7.84. The third kappa shape index (κ3) is 4.51. The molecule has 178 valence electrons. The standard InChI is InChI=1S/C21H22N6O6S/c22-34(30,31)32-11-13-8-15(20(29)19(13)28)25-17-6-7-23-18-9-14(26-27(17)18)16-10-24-21(33-16)12-4-2-1-3-5-12/h1-7,9-10,13,15,19-20,25,28-29H,8,11H2,(H2,22,30,31)/t13-,15-,19-,20+/m1/s1. The molecule has 13 heteroatoms. The van der Waals surface area contributed by atoms with Crippen molar-refractivity contribution in [3.63, 3.8) is 0 Å². The molecule has 3 aromatic heterocycles. The fourth-order valence-corrected chi connectivity index (χ4v) is 4.40. The second-order valence-corrected chi connectivity index (χ2v) is 9.25. The molecule has 1 aliphatic carbocycles. The zero-order chi connectivity index (χ0) is 23.9. The van der Waals surface area contributed by atoms with Gasteiger partial charge in [-0.25, -0.2) is 15.1 Å². The second-order valence-electron chi connectivity index (χ2n) is 8.03. The minimum atomic E-state index is -4.15. The van der Waals surface area contributed by atoms with Gasteiger partial charge in [-0.1, -0.05) is 18.2 Å². The lowest BCUT2D eigenvalue weighted by molar-refractivity contribution is 0.00777. The maximum Gasteiger partial charge on any atom is 0.333 e. The van der Waals surface area contributed by atoms with Gasteiger partial charge in [0.15, 0.2) is 11.4 Å². The van der Waals surface area contributed by atoms with E-state index in [-0.39, 0.29) is 13.0 Å². The number of aliphatic hydroxyl groups is 2. The van der Waals surface area contributed by atoms with Gasteiger partial charge in [-0.3, -0.25) is 4.18 Å². The van der Waals surface area contributed by atoms with E-state index in [1.165, 1.54) is 0 Å². The smallest absolute Gasteiger partial charge is 0.333 e. The Balaban J connectivity index is 1.37. The minimum Gasteiger partial charge on any atom is -0.434 e. The highest BCUT2D eigenvalue weighted by Gasteiger charge is 2.42. The summed E-state index contributed by atoms with van der Waals surface area (Å²) < 4.78 is 34.1. The summed E-state index contributed by atoms with van der Waals surface area (Å²) in [6, 6.07) is 12.3.